The van der Waals surface area contributed by atoms with E-state index in [0.717, 1.165) is 26.6 Å². The molecule has 138 valence electrons. The highest BCUT2D eigenvalue weighted by molar-refractivity contribution is 9.10. The lowest BCUT2D eigenvalue weighted by Crippen LogP contribution is -2.08. The van der Waals surface area contributed by atoms with E-state index >= 15 is 0 Å². The quantitative estimate of drug-likeness (QED) is 0.270. The van der Waals surface area contributed by atoms with Crippen molar-refractivity contribution in [2.24, 2.45) is 0 Å². The van der Waals surface area contributed by atoms with Crippen molar-refractivity contribution in [1.82, 2.24) is 0 Å². The Kier molecular flexibility index (Phi) is 5.40. The van der Waals surface area contributed by atoms with Gasteiger partial charge in [-0.05, 0) is 64.9 Å². The van der Waals surface area contributed by atoms with Gasteiger partial charge in [0.2, 0.25) is 0 Å². The predicted octanol–water partition coefficient (Wildman–Crippen LogP) is 6.40. The summed E-state index contributed by atoms with van der Waals surface area (Å²) in [7, 11) is 0. The molecule has 0 aliphatic carbocycles. The van der Waals surface area contributed by atoms with E-state index in [1.807, 2.05) is 72.8 Å². The van der Waals surface area contributed by atoms with Crippen LogP contribution in [-0.4, -0.2) is 5.97 Å². The molecule has 0 heterocycles. The smallest absolute Gasteiger partial charge is 0.343 e. The maximum atomic E-state index is 12.4. The van der Waals surface area contributed by atoms with Crippen LogP contribution in [0.25, 0.3) is 10.8 Å². The Morgan fingerprint density at radius 1 is 0.750 bits per heavy atom. The van der Waals surface area contributed by atoms with Crippen LogP contribution in [0.4, 0.5) is 0 Å². The molecule has 4 heteroatoms. The molecule has 0 amide bonds. The van der Waals surface area contributed by atoms with Crippen molar-refractivity contribution in [3.05, 3.63) is 107 Å². The number of benzene rings is 4. The number of hydrogen-bond donors (Lipinski definition) is 0. The summed E-state index contributed by atoms with van der Waals surface area (Å²) in [6, 6.07) is 28.5. The van der Waals surface area contributed by atoms with E-state index in [9.17, 15) is 4.79 Å². The number of para-hydroxylation sites is 1. The van der Waals surface area contributed by atoms with Gasteiger partial charge in [-0.3, -0.25) is 0 Å². The minimum absolute atomic E-state index is 0.382. The lowest BCUT2D eigenvalue weighted by atomic mass is 10.1. The van der Waals surface area contributed by atoms with Crippen LogP contribution in [0, 0.1) is 0 Å². The Balaban J connectivity index is 1.41. The van der Waals surface area contributed by atoms with Gasteiger partial charge >= 0.3 is 5.97 Å². The molecule has 0 fully saturated rings. The molecule has 4 rings (SSSR count). The van der Waals surface area contributed by atoms with Gasteiger partial charge < -0.3 is 9.47 Å². The van der Waals surface area contributed by atoms with Crippen molar-refractivity contribution in [3.8, 4) is 11.5 Å². The SMILES string of the molecule is O=C(Oc1ccc2cc(Br)ccc2c1)c1ccc(COc2ccccc2)cc1. The minimum Gasteiger partial charge on any atom is -0.489 e. The Hall–Kier alpha value is -3.11. The first kappa shape index (κ1) is 18.3. The van der Waals surface area contributed by atoms with Crippen LogP contribution in [0.5, 0.6) is 11.5 Å². The van der Waals surface area contributed by atoms with E-state index in [1.165, 1.54) is 0 Å². The number of carbonyl (C=O) groups is 1. The summed E-state index contributed by atoms with van der Waals surface area (Å²) >= 11 is 3.46. The number of rotatable bonds is 5. The van der Waals surface area contributed by atoms with Gasteiger partial charge in [0.1, 0.15) is 18.1 Å². The normalized spacial score (nSPS) is 10.6. The second-order valence-electron chi connectivity index (χ2n) is 6.34. The summed E-state index contributed by atoms with van der Waals surface area (Å²) in [4.78, 5) is 12.4. The maximum Gasteiger partial charge on any atom is 0.343 e. The van der Waals surface area contributed by atoms with Crippen molar-refractivity contribution in [3.63, 3.8) is 0 Å². The summed E-state index contributed by atoms with van der Waals surface area (Å²) in [5.41, 5.74) is 1.48. The topological polar surface area (TPSA) is 35.5 Å². The molecule has 0 aliphatic heterocycles. The van der Waals surface area contributed by atoms with Crippen LogP contribution in [-0.2, 0) is 6.61 Å². The van der Waals surface area contributed by atoms with Crippen LogP contribution in [0.1, 0.15) is 15.9 Å². The van der Waals surface area contributed by atoms with E-state index in [4.69, 9.17) is 9.47 Å². The van der Waals surface area contributed by atoms with Gasteiger partial charge in [0.05, 0.1) is 5.56 Å². The summed E-state index contributed by atoms with van der Waals surface area (Å²) in [6.45, 7) is 0.444. The first-order valence-electron chi connectivity index (χ1n) is 8.86. The lowest BCUT2D eigenvalue weighted by molar-refractivity contribution is 0.0735. The zero-order valence-electron chi connectivity index (χ0n) is 15.0. The number of esters is 1. The first-order chi connectivity index (χ1) is 13.7. The Morgan fingerprint density at radius 2 is 1.46 bits per heavy atom. The Morgan fingerprint density at radius 3 is 2.25 bits per heavy atom. The average molecular weight is 433 g/mol. The van der Waals surface area contributed by atoms with E-state index in [2.05, 4.69) is 15.9 Å². The highest BCUT2D eigenvalue weighted by atomic mass is 79.9. The number of ether oxygens (including phenoxy) is 2. The van der Waals surface area contributed by atoms with Crippen molar-refractivity contribution >= 4 is 32.7 Å². The molecule has 0 spiro atoms. The molecule has 0 N–H and O–H groups in total. The fourth-order valence-corrected chi connectivity index (χ4v) is 3.22. The number of carbonyl (C=O) groups excluding carboxylic acids is 1. The highest BCUT2D eigenvalue weighted by Crippen LogP contribution is 2.24. The van der Waals surface area contributed by atoms with Crippen molar-refractivity contribution < 1.29 is 14.3 Å². The minimum atomic E-state index is -0.382. The fraction of sp³-hybridized carbons (Fsp3) is 0.0417. The third-order valence-electron chi connectivity index (χ3n) is 4.32. The standard InChI is InChI=1S/C24H17BrO3/c25-21-12-10-20-15-23(13-11-19(20)14-21)28-24(26)18-8-6-17(7-9-18)16-27-22-4-2-1-3-5-22/h1-15H,16H2. The Bertz CT molecular complexity index is 1110. The Labute approximate surface area is 171 Å². The molecule has 0 saturated carbocycles. The third kappa shape index (κ3) is 4.41. The van der Waals surface area contributed by atoms with E-state index in [0.29, 0.717) is 17.9 Å². The van der Waals surface area contributed by atoms with Gasteiger partial charge in [-0.2, -0.15) is 0 Å². The molecule has 3 nitrogen and oxygen atoms in total. The van der Waals surface area contributed by atoms with Crippen molar-refractivity contribution in [2.75, 3.05) is 0 Å². The molecule has 0 aliphatic rings. The zero-order valence-corrected chi connectivity index (χ0v) is 16.6. The average Bonchev–Trinajstić information content (AvgIpc) is 2.73. The summed E-state index contributed by atoms with van der Waals surface area (Å²) < 4.78 is 12.3. The van der Waals surface area contributed by atoms with Crippen LogP contribution >= 0.6 is 15.9 Å². The number of fused-ring (bicyclic) bond motifs is 1. The molecule has 4 aromatic carbocycles. The molecule has 0 bridgehead atoms. The van der Waals surface area contributed by atoms with Gasteiger partial charge in [0.25, 0.3) is 0 Å². The first-order valence-corrected chi connectivity index (χ1v) is 9.65. The third-order valence-corrected chi connectivity index (χ3v) is 4.82. The molecular formula is C24H17BrO3. The van der Waals surface area contributed by atoms with E-state index in [-0.39, 0.29) is 5.97 Å². The molecule has 0 atom stereocenters. The second kappa shape index (κ2) is 8.28. The fourth-order valence-electron chi connectivity index (χ4n) is 2.84. The van der Waals surface area contributed by atoms with Gasteiger partial charge in [0.15, 0.2) is 0 Å². The summed E-state index contributed by atoms with van der Waals surface area (Å²) in [5, 5.41) is 2.10. The molecule has 4 aromatic rings. The van der Waals surface area contributed by atoms with Crippen molar-refractivity contribution in [1.29, 1.82) is 0 Å². The largest absolute Gasteiger partial charge is 0.489 e. The molecule has 0 aromatic heterocycles. The van der Waals surface area contributed by atoms with Crippen LogP contribution < -0.4 is 9.47 Å². The lowest BCUT2D eigenvalue weighted by Gasteiger charge is -2.08. The van der Waals surface area contributed by atoms with Gasteiger partial charge in [-0.25, -0.2) is 4.79 Å². The maximum absolute atomic E-state index is 12.4. The van der Waals surface area contributed by atoms with Gasteiger partial charge in [-0.15, -0.1) is 0 Å². The predicted molar refractivity (Wildman–Crippen MR) is 114 cm³/mol. The summed E-state index contributed by atoms with van der Waals surface area (Å²) in [5.74, 6) is 0.956. The van der Waals surface area contributed by atoms with Crippen molar-refractivity contribution in [2.45, 2.75) is 6.61 Å². The molecular weight excluding hydrogens is 416 g/mol. The van der Waals surface area contributed by atoms with Gasteiger partial charge in [0, 0.05) is 4.47 Å². The van der Waals surface area contributed by atoms with Crippen LogP contribution in [0.15, 0.2) is 95.5 Å². The molecule has 28 heavy (non-hydrogen) atoms. The zero-order chi connectivity index (χ0) is 19.3. The van der Waals surface area contributed by atoms with E-state index < -0.39 is 0 Å². The molecule has 0 unspecified atom stereocenters. The highest BCUT2D eigenvalue weighted by Gasteiger charge is 2.09. The molecule has 0 radical (unpaired) electrons. The molecule has 0 saturated heterocycles. The number of halogens is 1. The van der Waals surface area contributed by atoms with Crippen LogP contribution in [0.2, 0.25) is 0 Å². The second-order valence-corrected chi connectivity index (χ2v) is 7.26. The monoisotopic (exact) mass is 432 g/mol. The van der Waals surface area contributed by atoms with Gasteiger partial charge in [-0.1, -0.05) is 58.4 Å². The number of hydrogen-bond acceptors (Lipinski definition) is 3. The summed E-state index contributed by atoms with van der Waals surface area (Å²) in [6.07, 6.45) is 0. The van der Waals surface area contributed by atoms with Crippen LogP contribution in [0.3, 0.4) is 0 Å². The van der Waals surface area contributed by atoms with E-state index in [1.54, 1.807) is 18.2 Å².